The van der Waals surface area contributed by atoms with Gasteiger partial charge in [-0.25, -0.2) is 0 Å². The molecule has 0 bridgehead atoms. The number of ether oxygens (including phenoxy) is 2. The monoisotopic (exact) mass is 404 g/mol. The van der Waals surface area contributed by atoms with Crippen LogP contribution in [0.15, 0.2) is 53.4 Å². The first kappa shape index (κ1) is 20.9. The highest BCUT2D eigenvalue weighted by Gasteiger charge is 2.16. The lowest BCUT2D eigenvalue weighted by molar-refractivity contribution is -0.384. The zero-order valence-corrected chi connectivity index (χ0v) is 15.6. The van der Waals surface area contributed by atoms with Crippen molar-refractivity contribution in [1.82, 2.24) is 5.32 Å². The van der Waals surface area contributed by atoms with Crippen molar-refractivity contribution in [3.63, 3.8) is 0 Å². The Kier molecular flexibility index (Phi) is 7.52. The zero-order valence-electron chi connectivity index (χ0n) is 14.7. The summed E-state index contributed by atoms with van der Waals surface area (Å²) < 4.78 is 9.86. The molecule has 0 radical (unpaired) electrons. The summed E-state index contributed by atoms with van der Waals surface area (Å²) in [5.74, 6) is -1.89. The fourth-order valence-corrected chi connectivity index (χ4v) is 2.75. The summed E-state index contributed by atoms with van der Waals surface area (Å²) in [7, 11) is 1.40. The zero-order chi connectivity index (χ0) is 20.5. The number of thioether (sulfide) groups is 1. The lowest BCUT2D eigenvalue weighted by Gasteiger charge is -2.08. The van der Waals surface area contributed by atoms with Crippen LogP contribution >= 0.6 is 11.8 Å². The topological polar surface area (TPSA) is 125 Å². The van der Waals surface area contributed by atoms with Gasteiger partial charge in [-0.15, -0.1) is 11.8 Å². The number of carbonyl (C=O) groups is 3. The summed E-state index contributed by atoms with van der Waals surface area (Å²) in [6.45, 7) is -0.611. The van der Waals surface area contributed by atoms with E-state index in [1.54, 1.807) is 18.2 Å². The van der Waals surface area contributed by atoms with Gasteiger partial charge in [-0.3, -0.25) is 29.8 Å². The molecule has 1 N–H and O–H groups in total. The van der Waals surface area contributed by atoms with Crippen molar-refractivity contribution in [1.29, 1.82) is 0 Å². The van der Waals surface area contributed by atoms with Crippen molar-refractivity contribution in [2.75, 3.05) is 19.5 Å². The van der Waals surface area contributed by atoms with Gasteiger partial charge in [0.2, 0.25) is 0 Å². The maximum Gasteiger partial charge on any atom is 0.316 e. The number of esters is 1. The number of non-ortho nitro benzene ring substituents is 1. The molecule has 0 saturated carbocycles. The second-order valence-corrected chi connectivity index (χ2v) is 6.33. The smallest absolute Gasteiger partial charge is 0.316 e. The average molecular weight is 404 g/mol. The van der Waals surface area contributed by atoms with Gasteiger partial charge in [-0.05, 0) is 24.3 Å². The fourth-order valence-electron chi connectivity index (χ4n) is 2.06. The van der Waals surface area contributed by atoms with Crippen molar-refractivity contribution in [2.24, 2.45) is 0 Å². The van der Waals surface area contributed by atoms with E-state index in [2.05, 4.69) is 5.32 Å². The maximum absolute atomic E-state index is 12.1. The molecule has 2 aromatic rings. The number of hydrogen-bond donors (Lipinski definition) is 1. The molecular formula is C18H16N2O7S. The molecule has 0 unspecified atom stereocenters. The summed E-state index contributed by atoms with van der Waals surface area (Å²) in [5, 5.41) is 12.7. The first-order valence-corrected chi connectivity index (χ1v) is 8.89. The van der Waals surface area contributed by atoms with Gasteiger partial charge < -0.3 is 9.47 Å². The Morgan fingerprint density at radius 1 is 1.11 bits per heavy atom. The third-order valence-electron chi connectivity index (χ3n) is 3.37. The minimum absolute atomic E-state index is 0.0525. The number of hydrogen-bond acceptors (Lipinski definition) is 8. The van der Waals surface area contributed by atoms with Crippen LogP contribution in [0.4, 0.5) is 5.69 Å². The third-order valence-corrected chi connectivity index (χ3v) is 4.36. The normalized spacial score (nSPS) is 10.0. The second-order valence-electron chi connectivity index (χ2n) is 5.28. The Bertz CT molecular complexity index is 884. The predicted molar refractivity (Wildman–Crippen MR) is 100 cm³/mol. The van der Waals surface area contributed by atoms with E-state index in [1.165, 1.54) is 37.4 Å². The number of para-hydroxylation sites is 1. The van der Waals surface area contributed by atoms with Crippen LogP contribution in [0.25, 0.3) is 0 Å². The number of methoxy groups -OCH3 is 1. The Balaban J connectivity index is 1.76. The Hall–Kier alpha value is -3.40. The van der Waals surface area contributed by atoms with E-state index < -0.39 is 29.3 Å². The lowest BCUT2D eigenvalue weighted by atomic mass is 10.2. The Labute approximate surface area is 164 Å². The molecule has 0 spiro atoms. The first-order valence-electron chi connectivity index (χ1n) is 7.90. The molecule has 0 saturated heterocycles. The van der Waals surface area contributed by atoms with Gasteiger partial charge in [0.1, 0.15) is 5.75 Å². The van der Waals surface area contributed by atoms with Crippen molar-refractivity contribution in [2.45, 2.75) is 4.90 Å². The Morgan fingerprint density at radius 3 is 2.43 bits per heavy atom. The van der Waals surface area contributed by atoms with Crippen LogP contribution in [-0.2, 0) is 14.3 Å². The van der Waals surface area contributed by atoms with Crippen LogP contribution in [-0.4, -0.2) is 42.2 Å². The van der Waals surface area contributed by atoms with E-state index >= 15 is 0 Å². The van der Waals surface area contributed by atoms with Crippen LogP contribution in [0.5, 0.6) is 5.75 Å². The summed E-state index contributed by atoms with van der Waals surface area (Å²) in [5.41, 5.74) is 0.127. The van der Waals surface area contributed by atoms with Crippen molar-refractivity contribution < 1.29 is 28.8 Å². The molecule has 28 heavy (non-hydrogen) atoms. The van der Waals surface area contributed by atoms with Gasteiger partial charge in [0, 0.05) is 17.0 Å². The number of imide groups is 1. The molecule has 0 aromatic heterocycles. The van der Waals surface area contributed by atoms with Crippen molar-refractivity contribution in [3.8, 4) is 5.75 Å². The molecule has 2 rings (SSSR count). The molecule has 0 fully saturated rings. The molecule has 0 aliphatic heterocycles. The van der Waals surface area contributed by atoms with Gasteiger partial charge in [0.25, 0.3) is 17.5 Å². The summed E-state index contributed by atoms with van der Waals surface area (Å²) in [6, 6.07) is 12.0. The van der Waals surface area contributed by atoms with E-state index in [0.717, 1.165) is 11.8 Å². The summed E-state index contributed by atoms with van der Waals surface area (Å²) in [4.78, 5) is 46.3. The molecule has 0 aliphatic carbocycles. The number of amides is 2. The summed E-state index contributed by atoms with van der Waals surface area (Å²) in [6.07, 6.45) is 0. The number of carbonyl (C=O) groups excluding carboxylic acids is 3. The SMILES string of the molecule is COc1ccccc1C(=O)NC(=O)COC(=O)CSc1ccc([N+](=O)[O-])cc1. The first-order chi connectivity index (χ1) is 13.4. The number of nitrogens with one attached hydrogen (secondary N) is 1. The van der Waals surface area contributed by atoms with Crippen LogP contribution in [0.2, 0.25) is 0 Å². The minimum Gasteiger partial charge on any atom is -0.496 e. The van der Waals surface area contributed by atoms with Gasteiger partial charge in [0.15, 0.2) is 6.61 Å². The number of benzene rings is 2. The molecule has 2 aromatic carbocycles. The highest BCUT2D eigenvalue weighted by atomic mass is 32.2. The van der Waals surface area contributed by atoms with Crippen molar-refractivity contribution in [3.05, 3.63) is 64.2 Å². The predicted octanol–water partition coefficient (Wildman–Crippen LogP) is 2.20. The van der Waals surface area contributed by atoms with Gasteiger partial charge >= 0.3 is 5.97 Å². The number of nitrogens with zero attached hydrogens (tertiary/aromatic N) is 1. The quantitative estimate of drug-likeness (QED) is 0.307. The molecule has 2 amide bonds. The molecule has 0 heterocycles. The van der Waals surface area contributed by atoms with E-state index in [0.29, 0.717) is 10.6 Å². The lowest BCUT2D eigenvalue weighted by Crippen LogP contribution is -2.34. The fraction of sp³-hybridized carbons (Fsp3) is 0.167. The highest BCUT2D eigenvalue weighted by molar-refractivity contribution is 8.00. The highest BCUT2D eigenvalue weighted by Crippen LogP contribution is 2.21. The molecule has 0 atom stereocenters. The number of nitro groups is 1. The van der Waals surface area contributed by atoms with Crippen molar-refractivity contribution >= 4 is 35.2 Å². The van der Waals surface area contributed by atoms with Crippen LogP contribution in [0, 0.1) is 10.1 Å². The minimum atomic E-state index is -0.774. The Morgan fingerprint density at radius 2 is 1.79 bits per heavy atom. The van der Waals surface area contributed by atoms with Gasteiger partial charge in [0.05, 0.1) is 23.3 Å². The number of nitro benzene ring substituents is 1. The van der Waals surface area contributed by atoms with Gasteiger partial charge in [-0.1, -0.05) is 12.1 Å². The largest absolute Gasteiger partial charge is 0.496 e. The summed E-state index contributed by atoms with van der Waals surface area (Å²) >= 11 is 1.10. The second kappa shape index (κ2) is 10.1. The maximum atomic E-state index is 12.1. The molecular weight excluding hydrogens is 388 g/mol. The van der Waals surface area contributed by atoms with E-state index in [1.807, 2.05) is 0 Å². The van der Waals surface area contributed by atoms with Crippen LogP contribution in [0.1, 0.15) is 10.4 Å². The van der Waals surface area contributed by atoms with Crippen LogP contribution < -0.4 is 10.1 Å². The standard InChI is InChI=1S/C18H16N2O7S/c1-26-15-5-3-2-4-14(15)18(23)19-16(21)10-27-17(22)11-28-13-8-6-12(7-9-13)20(24)25/h2-9H,10-11H2,1H3,(H,19,21,23). The third kappa shape index (κ3) is 6.09. The van der Waals surface area contributed by atoms with E-state index in [-0.39, 0.29) is 17.0 Å². The number of rotatable bonds is 8. The van der Waals surface area contributed by atoms with Gasteiger partial charge in [-0.2, -0.15) is 0 Å². The average Bonchev–Trinajstić information content (AvgIpc) is 2.70. The van der Waals surface area contributed by atoms with E-state index in [9.17, 15) is 24.5 Å². The van der Waals surface area contributed by atoms with E-state index in [4.69, 9.17) is 9.47 Å². The molecule has 9 nitrogen and oxygen atoms in total. The molecule has 10 heteroatoms. The van der Waals surface area contributed by atoms with Crippen LogP contribution in [0.3, 0.4) is 0 Å². The molecule has 146 valence electrons. The molecule has 0 aliphatic rings.